The first kappa shape index (κ1) is 25.1. The molecule has 5 rings (SSSR count). The molecule has 0 atom stereocenters. The zero-order valence-electron chi connectivity index (χ0n) is 20.1. The van der Waals surface area contributed by atoms with E-state index in [0.29, 0.717) is 43.8 Å². The third-order valence-corrected chi connectivity index (χ3v) is 7.53. The minimum absolute atomic E-state index is 0.216. The summed E-state index contributed by atoms with van der Waals surface area (Å²) in [5.74, 6) is 1.51. The first-order valence-electron chi connectivity index (χ1n) is 11.4. The number of carbonyl (C=O) groups is 1. The van der Waals surface area contributed by atoms with Gasteiger partial charge in [-0.1, -0.05) is 84.1 Å². The lowest BCUT2D eigenvalue weighted by Crippen LogP contribution is -2.27. The molecule has 1 heterocycles. The third kappa shape index (κ3) is 5.16. The highest BCUT2D eigenvalue weighted by atomic mass is 35.5. The van der Waals surface area contributed by atoms with E-state index in [-0.39, 0.29) is 5.91 Å². The number of halogens is 1. The quantitative estimate of drug-likeness (QED) is 0.176. The Bertz CT molecular complexity index is 1550. The smallest absolute Gasteiger partial charge is 0.270 e. The zero-order valence-corrected chi connectivity index (χ0v) is 22.5. The summed E-state index contributed by atoms with van der Waals surface area (Å²) in [5.41, 5.74) is 2.47. The van der Waals surface area contributed by atoms with Crippen molar-refractivity contribution in [2.75, 3.05) is 19.1 Å². The molecule has 5 nitrogen and oxygen atoms in total. The molecule has 0 N–H and O–H groups in total. The molecule has 0 saturated carbocycles. The number of benzene rings is 4. The molecule has 186 valence electrons. The Kier molecular flexibility index (Phi) is 7.37. The fourth-order valence-electron chi connectivity index (χ4n) is 4.10. The van der Waals surface area contributed by atoms with E-state index in [9.17, 15) is 4.79 Å². The van der Waals surface area contributed by atoms with E-state index in [1.54, 1.807) is 31.4 Å². The lowest BCUT2D eigenvalue weighted by molar-refractivity contribution is -0.113. The predicted octanol–water partition coefficient (Wildman–Crippen LogP) is 7.50. The maximum Gasteiger partial charge on any atom is 0.270 e. The first-order valence-corrected chi connectivity index (χ1v) is 13.0. The van der Waals surface area contributed by atoms with Crippen molar-refractivity contribution in [3.8, 4) is 17.2 Å². The Morgan fingerprint density at radius 3 is 2.46 bits per heavy atom. The molecule has 0 radical (unpaired) electrons. The van der Waals surface area contributed by atoms with Crippen molar-refractivity contribution in [1.82, 2.24) is 0 Å². The number of hydrogen-bond donors (Lipinski definition) is 0. The summed E-state index contributed by atoms with van der Waals surface area (Å²) >= 11 is 13.0. The molecule has 0 aliphatic carbocycles. The van der Waals surface area contributed by atoms with Crippen molar-refractivity contribution in [1.29, 1.82) is 0 Å². The van der Waals surface area contributed by atoms with Gasteiger partial charge in [-0.2, -0.15) is 0 Å². The lowest BCUT2D eigenvalue weighted by Gasteiger charge is -2.15. The highest BCUT2D eigenvalue weighted by molar-refractivity contribution is 8.27. The Hall–Kier alpha value is -3.52. The first-order chi connectivity index (χ1) is 18.0. The number of anilines is 1. The number of thiocarbonyl (C=S) groups is 1. The van der Waals surface area contributed by atoms with Gasteiger partial charge in [-0.3, -0.25) is 9.69 Å². The topological polar surface area (TPSA) is 48.0 Å². The normalized spacial score (nSPS) is 14.5. The van der Waals surface area contributed by atoms with Gasteiger partial charge < -0.3 is 14.2 Å². The van der Waals surface area contributed by atoms with Crippen LogP contribution in [0.1, 0.15) is 11.1 Å². The summed E-state index contributed by atoms with van der Waals surface area (Å²) in [6.45, 7) is 0.403. The van der Waals surface area contributed by atoms with Gasteiger partial charge in [0.15, 0.2) is 15.8 Å². The van der Waals surface area contributed by atoms with Crippen LogP contribution in [-0.2, 0) is 11.4 Å². The number of carbonyl (C=O) groups excluding carboxylic acids is 1. The van der Waals surface area contributed by atoms with Gasteiger partial charge in [0.05, 0.1) is 29.8 Å². The van der Waals surface area contributed by atoms with Gasteiger partial charge in [0.2, 0.25) is 0 Å². The standard InChI is InChI=1S/C29H22ClNO4S2/c1-33-24-13-11-21(16-23(24)30)31-28(32)27(37-29(31)36)15-18-10-12-25(26(14-18)34-2)35-17-20-8-5-7-19-6-3-4-9-22(19)20/h3-16H,17H2,1-2H3/b27-15+. The Morgan fingerprint density at radius 2 is 1.68 bits per heavy atom. The second kappa shape index (κ2) is 10.8. The molecule has 1 amide bonds. The van der Waals surface area contributed by atoms with Gasteiger partial charge >= 0.3 is 0 Å². The highest BCUT2D eigenvalue weighted by Crippen LogP contribution is 2.39. The average molecular weight is 548 g/mol. The van der Waals surface area contributed by atoms with E-state index in [1.165, 1.54) is 29.2 Å². The van der Waals surface area contributed by atoms with Crippen molar-refractivity contribution >= 4 is 68.3 Å². The number of rotatable bonds is 7. The zero-order chi connectivity index (χ0) is 25.9. The van der Waals surface area contributed by atoms with Gasteiger partial charge in [-0.15, -0.1) is 0 Å². The molecule has 0 bridgehead atoms. The largest absolute Gasteiger partial charge is 0.495 e. The van der Waals surface area contributed by atoms with Gasteiger partial charge in [0, 0.05) is 0 Å². The van der Waals surface area contributed by atoms with Crippen LogP contribution in [0.5, 0.6) is 17.2 Å². The van der Waals surface area contributed by atoms with Gasteiger partial charge in [-0.25, -0.2) is 0 Å². The Labute approximate surface area is 229 Å². The molecule has 4 aromatic rings. The number of thioether (sulfide) groups is 1. The number of amides is 1. The molecule has 1 aliphatic heterocycles. The van der Waals surface area contributed by atoms with Crippen LogP contribution in [0.4, 0.5) is 5.69 Å². The van der Waals surface area contributed by atoms with Crippen LogP contribution in [0.15, 0.2) is 83.8 Å². The Morgan fingerprint density at radius 1 is 0.919 bits per heavy atom. The summed E-state index contributed by atoms with van der Waals surface area (Å²) < 4.78 is 17.3. The minimum Gasteiger partial charge on any atom is -0.495 e. The summed E-state index contributed by atoms with van der Waals surface area (Å²) in [6.07, 6.45) is 1.79. The molecule has 0 aromatic heterocycles. The lowest BCUT2D eigenvalue weighted by atomic mass is 10.1. The molecule has 1 fully saturated rings. The highest BCUT2D eigenvalue weighted by Gasteiger charge is 2.33. The molecule has 4 aromatic carbocycles. The van der Waals surface area contributed by atoms with Gasteiger partial charge in [-0.05, 0) is 58.3 Å². The van der Waals surface area contributed by atoms with E-state index in [1.807, 2.05) is 36.4 Å². The van der Waals surface area contributed by atoms with Crippen molar-refractivity contribution in [2.45, 2.75) is 6.61 Å². The molecule has 37 heavy (non-hydrogen) atoms. The second-order valence-electron chi connectivity index (χ2n) is 8.17. The summed E-state index contributed by atoms with van der Waals surface area (Å²) in [5, 5.41) is 2.72. The van der Waals surface area contributed by atoms with Crippen LogP contribution >= 0.6 is 35.6 Å². The van der Waals surface area contributed by atoms with E-state index < -0.39 is 0 Å². The monoisotopic (exact) mass is 547 g/mol. The van der Waals surface area contributed by atoms with Crippen molar-refractivity contribution in [3.05, 3.63) is 99.9 Å². The van der Waals surface area contributed by atoms with Gasteiger partial charge in [0.1, 0.15) is 12.4 Å². The average Bonchev–Trinajstić information content (AvgIpc) is 3.19. The third-order valence-electron chi connectivity index (χ3n) is 5.94. The van der Waals surface area contributed by atoms with Crippen LogP contribution in [0, 0.1) is 0 Å². The van der Waals surface area contributed by atoms with Crippen LogP contribution in [-0.4, -0.2) is 24.4 Å². The van der Waals surface area contributed by atoms with E-state index >= 15 is 0 Å². The van der Waals surface area contributed by atoms with E-state index in [2.05, 4.69) is 24.3 Å². The van der Waals surface area contributed by atoms with Crippen molar-refractivity contribution in [3.63, 3.8) is 0 Å². The van der Waals surface area contributed by atoms with E-state index in [0.717, 1.165) is 16.5 Å². The molecular formula is C29H22ClNO4S2. The Balaban J connectivity index is 1.36. The SMILES string of the molecule is COc1ccc(N2C(=O)/C(=C\c3ccc(OCc4cccc5ccccc45)c(OC)c3)SC2=S)cc1Cl. The number of hydrogen-bond acceptors (Lipinski definition) is 6. The molecule has 8 heteroatoms. The number of nitrogens with zero attached hydrogens (tertiary/aromatic N) is 1. The van der Waals surface area contributed by atoms with Crippen LogP contribution in [0.3, 0.4) is 0 Å². The number of methoxy groups -OCH3 is 2. The molecule has 0 unspecified atom stereocenters. The molecule has 1 saturated heterocycles. The maximum atomic E-state index is 13.2. The summed E-state index contributed by atoms with van der Waals surface area (Å²) in [4.78, 5) is 15.2. The van der Waals surface area contributed by atoms with E-state index in [4.69, 9.17) is 38.0 Å². The summed E-state index contributed by atoms with van der Waals surface area (Å²) in [6, 6.07) is 25.1. The van der Waals surface area contributed by atoms with Crippen LogP contribution in [0.2, 0.25) is 5.02 Å². The molecular weight excluding hydrogens is 526 g/mol. The number of ether oxygens (including phenoxy) is 3. The maximum absolute atomic E-state index is 13.2. The van der Waals surface area contributed by atoms with Crippen molar-refractivity contribution < 1.29 is 19.0 Å². The van der Waals surface area contributed by atoms with Gasteiger partial charge in [0.25, 0.3) is 5.91 Å². The molecule has 0 spiro atoms. The molecule has 1 aliphatic rings. The predicted molar refractivity (Wildman–Crippen MR) is 155 cm³/mol. The summed E-state index contributed by atoms with van der Waals surface area (Å²) in [7, 11) is 3.13. The fourth-order valence-corrected chi connectivity index (χ4v) is 5.65. The van der Waals surface area contributed by atoms with Crippen molar-refractivity contribution in [2.24, 2.45) is 0 Å². The number of fused-ring (bicyclic) bond motifs is 1. The van der Waals surface area contributed by atoms with Crippen LogP contribution < -0.4 is 19.1 Å². The second-order valence-corrected chi connectivity index (χ2v) is 10.3. The fraction of sp³-hybridized carbons (Fsp3) is 0.103. The minimum atomic E-state index is -0.216. The van der Waals surface area contributed by atoms with Crippen LogP contribution in [0.25, 0.3) is 16.8 Å².